The van der Waals surface area contributed by atoms with Gasteiger partial charge in [0.2, 0.25) is 0 Å². The molecule has 4 N–H and O–H groups in total. The second-order valence-electron chi connectivity index (χ2n) is 4.37. The van der Waals surface area contributed by atoms with Crippen molar-refractivity contribution in [3.63, 3.8) is 0 Å². The fourth-order valence-electron chi connectivity index (χ4n) is 1.74. The zero-order valence-corrected chi connectivity index (χ0v) is 11.8. The third-order valence-electron chi connectivity index (χ3n) is 2.92. The summed E-state index contributed by atoms with van der Waals surface area (Å²) in [5.41, 5.74) is 7.46. The fourth-order valence-corrected chi connectivity index (χ4v) is 1.86. The van der Waals surface area contributed by atoms with Gasteiger partial charge in [-0.25, -0.2) is 0 Å². The average molecular weight is 304 g/mol. The van der Waals surface area contributed by atoms with Crippen molar-refractivity contribution in [3.05, 3.63) is 70.2 Å². The van der Waals surface area contributed by atoms with Crippen LogP contribution in [-0.2, 0) is 6.54 Å². The van der Waals surface area contributed by atoms with E-state index in [0.29, 0.717) is 22.7 Å². The van der Waals surface area contributed by atoms with Crippen LogP contribution in [0, 0.1) is 0 Å². The van der Waals surface area contributed by atoms with E-state index in [-0.39, 0.29) is 11.7 Å². The molecule has 0 aliphatic rings. The highest BCUT2D eigenvalue weighted by molar-refractivity contribution is 6.30. The molecule has 5 nitrogen and oxygen atoms in total. The number of benzene rings is 2. The molecule has 0 saturated heterocycles. The number of nitrogens with one attached hydrogen (secondary N) is 1. The van der Waals surface area contributed by atoms with Crippen molar-refractivity contribution >= 4 is 23.3 Å². The third-order valence-corrected chi connectivity index (χ3v) is 3.17. The van der Waals surface area contributed by atoms with Crippen LogP contribution in [-0.4, -0.2) is 17.0 Å². The van der Waals surface area contributed by atoms with Crippen LogP contribution >= 0.6 is 11.6 Å². The average Bonchev–Trinajstić information content (AvgIpc) is 2.53. The van der Waals surface area contributed by atoms with Gasteiger partial charge in [0.05, 0.1) is 0 Å². The molecule has 0 aromatic heterocycles. The summed E-state index contributed by atoms with van der Waals surface area (Å²) >= 11 is 5.80. The number of hydrogen-bond donors (Lipinski definition) is 3. The molecule has 0 bridgehead atoms. The Morgan fingerprint density at radius 2 is 1.67 bits per heavy atom. The number of nitrogens with two attached hydrogens (primary N) is 1. The molecule has 2 aromatic rings. The Morgan fingerprint density at radius 3 is 2.24 bits per heavy atom. The molecule has 0 aliphatic heterocycles. The number of oxime groups is 1. The molecule has 0 aliphatic carbocycles. The summed E-state index contributed by atoms with van der Waals surface area (Å²) in [4.78, 5) is 12.0. The maximum Gasteiger partial charge on any atom is 0.251 e. The van der Waals surface area contributed by atoms with Crippen LogP contribution in [0.25, 0.3) is 0 Å². The van der Waals surface area contributed by atoms with Crippen molar-refractivity contribution in [2.24, 2.45) is 10.9 Å². The van der Waals surface area contributed by atoms with Crippen molar-refractivity contribution in [3.8, 4) is 0 Å². The number of halogens is 1. The molecule has 0 fully saturated rings. The van der Waals surface area contributed by atoms with Gasteiger partial charge in [-0.2, -0.15) is 0 Å². The minimum atomic E-state index is -0.198. The van der Waals surface area contributed by atoms with Crippen molar-refractivity contribution in [1.82, 2.24) is 5.32 Å². The smallest absolute Gasteiger partial charge is 0.251 e. The van der Waals surface area contributed by atoms with Gasteiger partial charge < -0.3 is 16.3 Å². The first-order valence-electron chi connectivity index (χ1n) is 6.21. The van der Waals surface area contributed by atoms with E-state index >= 15 is 0 Å². The summed E-state index contributed by atoms with van der Waals surface area (Å²) in [6.07, 6.45) is 0. The van der Waals surface area contributed by atoms with Crippen LogP contribution in [0.1, 0.15) is 21.5 Å². The zero-order chi connectivity index (χ0) is 15.2. The van der Waals surface area contributed by atoms with Crippen LogP contribution < -0.4 is 11.1 Å². The van der Waals surface area contributed by atoms with Crippen LogP contribution in [0.15, 0.2) is 53.7 Å². The minimum Gasteiger partial charge on any atom is -0.409 e. The quantitative estimate of drug-likeness (QED) is 0.351. The predicted molar refractivity (Wildman–Crippen MR) is 81.6 cm³/mol. The number of amides is 1. The SMILES string of the molecule is N/C(=N\O)c1ccc(C(=O)NCc2ccc(Cl)cc2)cc1. The predicted octanol–water partition coefficient (Wildman–Crippen LogP) is 2.36. The lowest BCUT2D eigenvalue weighted by molar-refractivity contribution is 0.0951. The van der Waals surface area contributed by atoms with Crippen LogP contribution in [0.2, 0.25) is 5.02 Å². The number of carbonyl (C=O) groups is 1. The Kier molecular flexibility index (Phi) is 4.79. The van der Waals surface area contributed by atoms with Gasteiger partial charge in [-0.3, -0.25) is 4.79 Å². The first-order valence-corrected chi connectivity index (χ1v) is 6.58. The number of carbonyl (C=O) groups excluding carboxylic acids is 1. The first kappa shape index (κ1) is 14.9. The molecule has 0 unspecified atom stereocenters. The Morgan fingerprint density at radius 1 is 1.10 bits per heavy atom. The highest BCUT2D eigenvalue weighted by Crippen LogP contribution is 2.10. The van der Waals surface area contributed by atoms with Crippen LogP contribution in [0.4, 0.5) is 0 Å². The van der Waals surface area contributed by atoms with E-state index in [9.17, 15) is 4.79 Å². The third kappa shape index (κ3) is 3.97. The summed E-state index contributed by atoms with van der Waals surface area (Å²) in [6.45, 7) is 0.415. The summed E-state index contributed by atoms with van der Waals surface area (Å²) in [5, 5.41) is 14.9. The van der Waals surface area contributed by atoms with Crippen molar-refractivity contribution in [2.75, 3.05) is 0 Å². The molecule has 1 amide bonds. The fraction of sp³-hybridized carbons (Fsp3) is 0.0667. The van der Waals surface area contributed by atoms with E-state index in [1.807, 2.05) is 12.1 Å². The number of rotatable bonds is 4. The second kappa shape index (κ2) is 6.76. The molecular formula is C15H14ClN3O2. The van der Waals surface area contributed by atoms with Gasteiger partial charge >= 0.3 is 0 Å². The Hall–Kier alpha value is -2.53. The Balaban J connectivity index is 1.98. The van der Waals surface area contributed by atoms with E-state index in [4.69, 9.17) is 22.5 Å². The van der Waals surface area contributed by atoms with E-state index in [0.717, 1.165) is 5.56 Å². The number of hydrogen-bond acceptors (Lipinski definition) is 3. The molecule has 2 rings (SSSR count). The second-order valence-corrected chi connectivity index (χ2v) is 4.81. The van der Waals surface area contributed by atoms with Crippen molar-refractivity contribution < 1.29 is 10.0 Å². The summed E-state index contributed by atoms with van der Waals surface area (Å²) in [7, 11) is 0. The molecule has 6 heteroatoms. The van der Waals surface area contributed by atoms with Gasteiger partial charge in [-0.05, 0) is 29.8 Å². The van der Waals surface area contributed by atoms with Gasteiger partial charge in [0.15, 0.2) is 5.84 Å². The Bertz CT molecular complexity index is 652. The highest BCUT2D eigenvalue weighted by Gasteiger charge is 2.06. The summed E-state index contributed by atoms with van der Waals surface area (Å²) in [5.74, 6) is -0.195. The molecule has 0 heterocycles. The van der Waals surface area contributed by atoms with Crippen LogP contribution in [0.5, 0.6) is 0 Å². The van der Waals surface area contributed by atoms with E-state index in [1.165, 1.54) is 0 Å². The van der Waals surface area contributed by atoms with E-state index < -0.39 is 0 Å². The standard InChI is InChI=1S/C15H14ClN3O2/c16-13-7-1-10(2-8-13)9-18-15(20)12-5-3-11(4-6-12)14(17)19-21/h1-8,21H,9H2,(H2,17,19)(H,18,20). The molecule has 0 saturated carbocycles. The van der Waals surface area contributed by atoms with E-state index in [2.05, 4.69) is 10.5 Å². The van der Waals surface area contributed by atoms with Gasteiger partial charge in [0, 0.05) is 22.7 Å². The lowest BCUT2D eigenvalue weighted by Crippen LogP contribution is -2.23. The van der Waals surface area contributed by atoms with Crippen molar-refractivity contribution in [1.29, 1.82) is 0 Å². The molecule has 0 spiro atoms. The van der Waals surface area contributed by atoms with Crippen LogP contribution in [0.3, 0.4) is 0 Å². The Labute approximate surface area is 127 Å². The minimum absolute atomic E-state index is 0.00289. The molecule has 21 heavy (non-hydrogen) atoms. The van der Waals surface area contributed by atoms with Gasteiger partial charge in [0.1, 0.15) is 0 Å². The number of amidine groups is 1. The van der Waals surface area contributed by atoms with Crippen molar-refractivity contribution in [2.45, 2.75) is 6.54 Å². The maximum absolute atomic E-state index is 12.0. The summed E-state index contributed by atoms with van der Waals surface area (Å²) < 4.78 is 0. The van der Waals surface area contributed by atoms with Gasteiger partial charge in [-0.1, -0.05) is 41.0 Å². The maximum atomic E-state index is 12.0. The summed E-state index contributed by atoms with van der Waals surface area (Å²) in [6, 6.07) is 13.7. The van der Waals surface area contributed by atoms with Gasteiger partial charge in [-0.15, -0.1) is 0 Å². The first-order chi connectivity index (χ1) is 10.1. The highest BCUT2D eigenvalue weighted by atomic mass is 35.5. The normalized spacial score (nSPS) is 11.2. The zero-order valence-electron chi connectivity index (χ0n) is 11.1. The van der Waals surface area contributed by atoms with Gasteiger partial charge in [0.25, 0.3) is 5.91 Å². The lowest BCUT2D eigenvalue weighted by Gasteiger charge is -2.06. The molecule has 108 valence electrons. The monoisotopic (exact) mass is 303 g/mol. The number of nitrogens with zero attached hydrogens (tertiary/aromatic N) is 1. The topological polar surface area (TPSA) is 87.7 Å². The van der Waals surface area contributed by atoms with E-state index in [1.54, 1.807) is 36.4 Å². The lowest BCUT2D eigenvalue weighted by atomic mass is 10.1. The molecule has 0 atom stereocenters. The molecule has 2 aromatic carbocycles. The largest absolute Gasteiger partial charge is 0.409 e. The molecular weight excluding hydrogens is 290 g/mol. The molecule has 0 radical (unpaired) electrons.